The van der Waals surface area contributed by atoms with Crippen LogP contribution in [0.1, 0.15) is 25.7 Å². The molecule has 74 valence electrons. The van der Waals surface area contributed by atoms with E-state index in [9.17, 15) is 4.79 Å². The highest BCUT2D eigenvalue weighted by Crippen LogP contribution is 2.10. The van der Waals surface area contributed by atoms with Crippen molar-refractivity contribution in [2.75, 3.05) is 13.6 Å². The van der Waals surface area contributed by atoms with Gasteiger partial charge in [0.2, 0.25) is 5.91 Å². The van der Waals surface area contributed by atoms with Crippen molar-refractivity contribution >= 4 is 5.91 Å². The molecule has 3 nitrogen and oxygen atoms in total. The Kier molecular flexibility index (Phi) is 4.54. The van der Waals surface area contributed by atoms with Crippen molar-refractivity contribution in [2.24, 2.45) is 0 Å². The van der Waals surface area contributed by atoms with Gasteiger partial charge in [-0.25, -0.2) is 0 Å². The number of rotatable bonds is 4. The Morgan fingerprint density at radius 1 is 1.54 bits per heavy atom. The summed E-state index contributed by atoms with van der Waals surface area (Å²) >= 11 is 0. The minimum absolute atomic E-state index is 0.162. The topological polar surface area (TPSA) is 41.1 Å². The van der Waals surface area contributed by atoms with Crippen LogP contribution in [0.5, 0.6) is 0 Å². The molecule has 0 fully saturated rings. The molecule has 1 atom stereocenters. The van der Waals surface area contributed by atoms with Gasteiger partial charge < -0.3 is 10.6 Å². The van der Waals surface area contributed by atoms with Crippen molar-refractivity contribution in [3.05, 3.63) is 12.2 Å². The van der Waals surface area contributed by atoms with Crippen molar-refractivity contribution in [3.8, 4) is 0 Å². The predicted octanol–water partition coefficient (Wildman–Crippen LogP) is 0.821. The van der Waals surface area contributed by atoms with Crippen LogP contribution in [0.15, 0.2) is 12.2 Å². The maximum absolute atomic E-state index is 11.3. The van der Waals surface area contributed by atoms with E-state index in [1.807, 2.05) is 7.05 Å². The summed E-state index contributed by atoms with van der Waals surface area (Å²) in [5.41, 5.74) is 0. The molecule has 1 unspecified atom stereocenters. The largest absolute Gasteiger partial charge is 0.353 e. The smallest absolute Gasteiger partial charge is 0.221 e. The van der Waals surface area contributed by atoms with E-state index in [1.54, 1.807) is 0 Å². The third kappa shape index (κ3) is 4.08. The lowest BCUT2D eigenvalue weighted by Gasteiger charge is -2.19. The molecule has 0 saturated carbocycles. The number of hydrogen-bond acceptors (Lipinski definition) is 2. The van der Waals surface area contributed by atoms with Crippen LogP contribution in [-0.2, 0) is 4.79 Å². The summed E-state index contributed by atoms with van der Waals surface area (Å²) in [6, 6.07) is 0.370. The van der Waals surface area contributed by atoms with Crippen molar-refractivity contribution in [1.29, 1.82) is 0 Å². The maximum Gasteiger partial charge on any atom is 0.221 e. The van der Waals surface area contributed by atoms with Crippen LogP contribution in [0.25, 0.3) is 0 Å². The lowest BCUT2D eigenvalue weighted by Crippen LogP contribution is -2.36. The number of nitrogens with one attached hydrogen (secondary N) is 2. The number of amides is 1. The third-order valence-electron chi connectivity index (χ3n) is 2.24. The second-order valence-corrected chi connectivity index (χ2v) is 3.40. The normalized spacial score (nSPS) is 21.5. The standard InChI is InChI=1S/C10H18N2O/c1-11-8-7-10(13)12-9-5-3-2-4-6-9/h2-3,9,11H,4-8H2,1H3,(H,12,13). The Morgan fingerprint density at radius 2 is 2.38 bits per heavy atom. The summed E-state index contributed by atoms with van der Waals surface area (Å²) in [4.78, 5) is 11.3. The molecule has 0 radical (unpaired) electrons. The zero-order chi connectivity index (χ0) is 9.52. The molecule has 0 aliphatic heterocycles. The van der Waals surface area contributed by atoms with Crippen molar-refractivity contribution in [2.45, 2.75) is 31.7 Å². The van der Waals surface area contributed by atoms with E-state index in [1.165, 1.54) is 0 Å². The van der Waals surface area contributed by atoms with Gasteiger partial charge in [0.25, 0.3) is 0 Å². The van der Waals surface area contributed by atoms with Crippen LogP contribution in [0.4, 0.5) is 0 Å². The van der Waals surface area contributed by atoms with Gasteiger partial charge in [0.1, 0.15) is 0 Å². The summed E-state index contributed by atoms with van der Waals surface area (Å²) in [6.07, 6.45) is 8.07. The molecule has 0 heterocycles. The van der Waals surface area contributed by atoms with E-state index in [0.717, 1.165) is 25.8 Å². The quantitative estimate of drug-likeness (QED) is 0.632. The van der Waals surface area contributed by atoms with Crippen LogP contribution in [0, 0.1) is 0 Å². The zero-order valence-corrected chi connectivity index (χ0v) is 8.18. The Labute approximate surface area is 79.6 Å². The average molecular weight is 182 g/mol. The highest BCUT2D eigenvalue weighted by Gasteiger charge is 2.11. The molecule has 1 amide bonds. The van der Waals surface area contributed by atoms with Gasteiger partial charge in [-0.05, 0) is 26.3 Å². The monoisotopic (exact) mass is 182 g/mol. The molecule has 0 aromatic rings. The summed E-state index contributed by atoms with van der Waals surface area (Å²) in [6.45, 7) is 0.758. The number of carbonyl (C=O) groups excluding carboxylic acids is 1. The Hall–Kier alpha value is -0.830. The molecule has 1 aliphatic rings. The van der Waals surface area contributed by atoms with Gasteiger partial charge in [-0.3, -0.25) is 4.79 Å². The third-order valence-corrected chi connectivity index (χ3v) is 2.24. The van der Waals surface area contributed by atoms with Gasteiger partial charge in [-0.1, -0.05) is 12.2 Å². The van der Waals surface area contributed by atoms with Gasteiger partial charge in [-0.15, -0.1) is 0 Å². The first-order valence-electron chi connectivity index (χ1n) is 4.92. The zero-order valence-electron chi connectivity index (χ0n) is 8.18. The highest BCUT2D eigenvalue weighted by molar-refractivity contribution is 5.76. The minimum atomic E-state index is 0.162. The molecule has 13 heavy (non-hydrogen) atoms. The molecular formula is C10H18N2O. The Morgan fingerprint density at radius 3 is 3.00 bits per heavy atom. The highest BCUT2D eigenvalue weighted by atomic mass is 16.1. The van der Waals surface area contributed by atoms with Gasteiger partial charge in [0.15, 0.2) is 0 Å². The summed E-state index contributed by atoms with van der Waals surface area (Å²) in [7, 11) is 1.86. The van der Waals surface area contributed by atoms with Gasteiger partial charge in [0.05, 0.1) is 0 Å². The van der Waals surface area contributed by atoms with E-state index in [2.05, 4.69) is 22.8 Å². The minimum Gasteiger partial charge on any atom is -0.353 e. The van der Waals surface area contributed by atoms with Crippen molar-refractivity contribution in [1.82, 2.24) is 10.6 Å². The van der Waals surface area contributed by atoms with E-state index >= 15 is 0 Å². The van der Waals surface area contributed by atoms with Crippen LogP contribution in [0.3, 0.4) is 0 Å². The number of allylic oxidation sites excluding steroid dienone is 1. The van der Waals surface area contributed by atoms with Gasteiger partial charge >= 0.3 is 0 Å². The molecule has 0 bridgehead atoms. The second kappa shape index (κ2) is 5.75. The SMILES string of the molecule is CNCCC(=O)NC1CC=CCC1. The first kappa shape index (κ1) is 10.3. The molecule has 0 aromatic carbocycles. The summed E-state index contributed by atoms with van der Waals surface area (Å²) in [5, 5.41) is 5.98. The molecule has 3 heteroatoms. The van der Waals surface area contributed by atoms with E-state index < -0.39 is 0 Å². The van der Waals surface area contributed by atoms with Gasteiger partial charge in [0, 0.05) is 19.0 Å². The Balaban J connectivity index is 2.15. The van der Waals surface area contributed by atoms with Gasteiger partial charge in [-0.2, -0.15) is 0 Å². The fraction of sp³-hybridized carbons (Fsp3) is 0.700. The summed E-state index contributed by atoms with van der Waals surface area (Å²) < 4.78 is 0. The second-order valence-electron chi connectivity index (χ2n) is 3.40. The number of hydrogen-bond donors (Lipinski definition) is 2. The molecule has 2 N–H and O–H groups in total. The first-order valence-corrected chi connectivity index (χ1v) is 4.92. The van der Waals surface area contributed by atoms with E-state index in [0.29, 0.717) is 12.5 Å². The van der Waals surface area contributed by atoms with Crippen molar-refractivity contribution in [3.63, 3.8) is 0 Å². The van der Waals surface area contributed by atoms with E-state index in [4.69, 9.17) is 0 Å². The lowest BCUT2D eigenvalue weighted by molar-refractivity contribution is -0.121. The van der Waals surface area contributed by atoms with E-state index in [-0.39, 0.29) is 5.91 Å². The molecule has 1 rings (SSSR count). The molecule has 0 saturated heterocycles. The molecular weight excluding hydrogens is 164 g/mol. The summed E-state index contributed by atoms with van der Waals surface area (Å²) in [5.74, 6) is 0.162. The molecule has 0 spiro atoms. The van der Waals surface area contributed by atoms with Crippen LogP contribution < -0.4 is 10.6 Å². The molecule has 1 aliphatic carbocycles. The molecule has 0 aromatic heterocycles. The van der Waals surface area contributed by atoms with Crippen LogP contribution in [-0.4, -0.2) is 25.5 Å². The Bertz CT molecular complexity index is 189. The van der Waals surface area contributed by atoms with Crippen LogP contribution in [0.2, 0.25) is 0 Å². The van der Waals surface area contributed by atoms with Crippen molar-refractivity contribution < 1.29 is 4.79 Å². The average Bonchev–Trinajstić information content (AvgIpc) is 2.16. The fourth-order valence-corrected chi connectivity index (χ4v) is 1.46. The first-order chi connectivity index (χ1) is 6.33. The fourth-order valence-electron chi connectivity index (χ4n) is 1.46. The lowest BCUT2D eigenvalue weighted by atomic mass is 10.0. The predicted molar refractivity (Wildman–Crippen MR) is 53.5 cm³/mol. The van der Waals surface area contributed by atoms with Crippen LogP contribution >= 0.6 is 0 Å². The maximum atomic E-state index is 11.3. The number of carbonyl (C=O) groups is 1.